The van der Waals surface area contributed by atoms with Crippen LogP contribution < -0.4 is 10.9 Å². The maximum atomic E-state index is 13.5. The van der Waals surface area contributed by atoms with E-state index in [1.54, 1.807) is 6.92 Å². The second kappa shape index (κ2) is 15.0. The molecule has 0 aliphatic carbocycles. The number of amides is 2. The minimum Gasteiger partial charge on any atom is -0.350 e. The predicted molar refractivity (Wildman–Crippen MR) is 144 cm³/mol. The molecule has 1 heterocycles. The summed E-state index contributed by atoms with van der Waals surface area (Å²) in [6.45, 7) is 9.82. The van der Waals surface area contributed by atoms with Crippen LogP contribution in [0.4, 0.5) is 0 Å². The van der Waals surface area contributed by atoms with Gasteiger partial charge in [-0.15, -0.1) is 4.41 Å². The van der Waals surface area contributed by atoms with Crippen LogP contribution in [0.2, 0.25) is 0 Å². The lowest BCUT2D eigenvalue weighted by atomic mass is 9.82. The van der Waals surface area contributed by atoms with E-state index in [0.29, 0.717) is 25.0 Å². The first-order valence-electron chi connectivity index (χ1n) is 12.7. The molecule has 1 unspecified atom stereocenters. The van der Waals surface area contributed by atoms with Crippen molar-refractivity contribution in [2.24, 2.45) is 17.8 Å². The summed E-state index contributed by atoms with van der Waals surface area (Å²) in [5.41, 5.74) is 6.54. The summed E-state index contributed by atoms with van der Waals surface area (Å²) < 4.78 is 31.0. The Labute approximate surface area is 221 Å². The molecule has 0 saturated carbocycles. The quantitative estimate of drug-likeness (QED) is 0.277. The molecule has 1 aliphatic heterocycles. The molecule has 37 heavy (non-hydrogen) atoms. The zero-order valence-electron chi connectivity index (χ0n) is 22.3. The number of carbonyl (C=O) groups is 2. The van der Waals surface area contributed by atoms with Crippen molar-refractivity contribution in [2.45, 2.75) is 59.2 Å². The number of carbonyl (C=O) groups excluding carboxylic acids is 2. The van der Waals surface area contributed by atoms with Crippen molar-refractivity contribution in [2.75, 3.05) is 19.4 Å². The van der Waals surface area contributed by atoms with Gasteiger partial charge in [0.15, 0.2) is 6.29 Å². The van der Waals surface area contributed by atoms with Crippen LogP contribution in [0.3, 0.4) is 0 Å². The van der Waals surface area contributed by atoms with Crippen molar-refractivity contribution in [3.8, 4) is 0 Å². The fourth-order valence-electron chi connectivity index (χ4n) is 4.03. The lowest BCUT2D eigenvalue weighted by Gasteiger charge is -2.30. The van der Waals surface area contributed by atoms with E-state index >= 15 is 0 Å². The van der Waals surface area contributed by atoms with Gasteiger partial charge in [0, 0.05) is 13.0 Å². The van der Waals surface area contributed by atoms with E-state index in [9.17, 15) is 18.0 Å². The fourth-order valence-corrected chi connectivity index (χ4v) is 4.74. The highest BCUT2D eigenvalue weighted by atomic mass is 32.2. The third kappa shape index (κ3) is 11.2. The van der Waals surface area contributed by atoms with E-state index in [4.69, 9.17) is 9.57 Å². The highest BCUT2D eigenvalue weighted by molar-refractivity contribution is 7.88. The Hall–Kier alpha value is -2.53. The first kappa shape index (κ1) is 30.7. The van der Waals surface area contributed by atoms with Gasteiger partial charge in [-0.25, -0.2) is 18.7 Å². The summed E-state index contributed by atoms with van der Waals surface area (Å²) in [6, 6.07) is 9.63. The molecule has 0 aromatic heterocycles. The van der Waals surface area contributed by atoms with Gasteiger partial charge >= 0.3 is 0 Å². The van der Waals surface area contributed by atoms with Gasteiger partial charge < -0.3 is 4.74 Å². The Morgan fingerprint density at radius 3 is 2.46 bits per heavy atom. The number of ether oxygens (including phenoxy) is 1. The van der Waals surface area contributed by atoms with Crippen LogP contribution in [0, 0.1) is 17.8 Å². The molecule has 1 aromatic carbocycles. The summed E-state index contributed by atoms with van der Waals surface area (Å²) in [6.07, 6.45) is 7.38. The zero-order chi connectivity index (χ0) is 27.4. The van der Waals surface area contributed by atoms with Gasteiger partial charge in [-0.3, -0.25) is 15.0 Å². The van der Waals surface area contributed by atoms with Crippen LogP contribution >= 0.6 is 0 Å². The minimum atomic E-state index is -3.76. The number of allylic oxidation sites excluding steroid dienone is 1. The lowest BCUT2D eigenvalue weighted by molar-refractivity contribution is -0.203. The Balaban J connectivity index is 2.28. The molecule has 9 nitrogen and oxygen atoms in total. The van der Waals surface area contributed by atoms with E-state index in [1.165, 1.54) is 0 Å². The maximum absolute atomic E-state index is 13.5. The van der Waals surface area contributed by atoms with E-state index in [1.807, 2.05) is 56.3 Å². The van der Waals surface area contributed by atoms with E-state index in [0.717, 1.165) is 29.1 Å². The Bertz CT molecular complexity index is 1020. The standard InChI is InChI=1S/C27H41N3O6S/c1-20(2)18-24(26(31)28-30(19-21(3)4)37(5,33)34)23(15-11-14-22-12-7-6-8-13-22)27(32)29-36-25-16-9-10-17-35-25/h6-8,11-14,20,23-25H,3,9-10,15-19H2,1-2,4-5H3,(H,28,31)(H,29,32)/t23-,24+,25?/m0/s1. The molecule has 1 saturated heterocycles. The van der Waals surface area contributed by atoms with Gasteiger partial charge in [0.25, 0.3) is 0 Å². The number of benzene rings is 1. The Morgan fingerprint density at radius 2 is 1.89 bits per heavy atom. The van der Waals surface area contributed by atoms with Crippen LogP contribution in [0.15, 0.2) is 48.6 Å². The Morgan fingerprint density at radius 1 is 1.19 bits per heavy atom. The SMILES string of the molecule is C=C(C)CN(NC(=O)[C@H](CC(C)C)[C@H](CC=Cc1ccccc1)C(=O)NOC1CCCCO1)S(C)(=O)=O. The first-order chi connectivity index (χ1) is 17.5. The summed E-state index contributed by atoms with van der Waals surface area (Å²) in [7, 11) is -3.76. The van der Waals surface area contributed by atoms with Gasteiger partial charge in [-0.2, -0.15) is 0 Å². The van der Waals surface area contributed by atoms with E-state index < -0.39 is 40.0 Å². The molecule has 1 fully saturated rings. The number of nitrogens with one attached hydrogen (secondary N) is 2. The smallest absolute Gasteiger partial charge is 0.247 e. The zero-order valence-corrected chi connectivity index (χ0v) is 23.1. The van der Waals surface area contributed by atoms with Crippen molar-refractivity contribution in [3.05, 3.63) is 54.1 Å². The Kier molecular flexibility index (Phi) is 12.5. The number of nitrogens with zero attached hydrogens (tertiary/aromatic N) is 1. The second-order valence-electron chi connectivity index (χ2n) is 9.97. The van der Waals surface area contributed by atoms with Crippen LogP contribution in [-0.2, 0) is 29.2 Å². The summed E-state index contributed by atoms with van der Waals surface area (Å²) in [5.74, 6) is -2.57. The molecule has 1 aliphatic rings. The van der Waals surface area contributed by atoms with E-state index in [2.05, 4.69) is 17.5 Å². The number of rotatable bonds is 14. The number of hydrogen-bond acceptors (Lipinski definition) is 6. The van der Waals surface area contributed by atoms with Crippen molar-refractivity contribution in [1.29, 1.82) is 0 Å². The number of sulfonamides is 1. The first-order valence-corrected chi connectivity index (χ1v) is 14.5. The van der Waals surface area contributed by atoms with Crippen molar-refractivity contribution >= 4 is 27.9 Å². The molecule has 2 rings (SSSR count). The molecular weight excluding hydrogens is 494 g/mol. The maximum Gasteiger partial charge on any atom is 0.247 e. The molecule has 0 spiro atoms. The highest BCUT2D eigenvalue weighted by Gasteiger charge is 2.36. The monoisotopic (exact) mass is 535 g/mol. The molecule has 1 aromatic rings. The summed E-state index contributed by atoms with van der Waals surface area (Å²) >= 11 is 0. The molecule has 0 radical (unpaired) electrons. The van der Waals surface area contributed by atoms with Crippen molar-refractivity contribution in [3.63, 3.8) is 0 Å². The molecule has 0 bridgehead atoms. The number of hydrogen-bond donors (Lipinski definition) is 2. The summed E-state index contributed by atoms with van der Waals surface area (Å²) in [4.78, 5) is 32.4. The van der Waals surface area contributed by atoms with Gasteiger partial charge in [0.1, 0.15) is 0 Å². The van der Waals surface area contributed by atoms with Crippen molar-refractivity contribution in [1.82, 2.24) is 15.3 Å². The van der Waals surface area contributed by atoms with Gasteiger partial charge in [-0.05, 0) is 44.1 Å². The van der Waals surface area contributed by atoms with Crippen LogP contribution in [-0.4, -0.2) is 50.3 Å². The normalized spacial score (nSPS) is 18.1. The highest BCUT2D eigenvalue weighted by Crippen LogP contribution is 2.26. The van der Waals surface area contributed by atoms with Gasteiger partial charge in [0.05, 0.1) is 24.6 Å². The average molecular weight is 536 g/mol. The average Bonchev–Trinajstić information content (AvgIpc) is 2.84. The summed E-state index contributed by atoms with van der Waals surface area (Å²) in [5, 5.41) is 0. The molecular formula is C27H41N3O6S. The number of hydroxylamine groups is 1. The molecule has 3 atom stereocenters. The molecule has 10 heteroatoms. The van der Waals surface area contributed by atoms with Crippen LogP contribution in [0.5, 0.6) is 0 Å². The lowest BCUT2D eigenvalue weighted by Crippen LogP contribution is -2.51. The van der Waals surface area contributed by atoms with E-state index in [-0.39, 0.29) is 18.9 Å². The van der Waals surface area contributed by atoms with Gasteiger partial charge in [-0.1, -0.05) is 68.5 Å². The molecule has 2 amide bonds. The van der Waals surface area contributed by atoms with Gasteiger partial charge in [0.2, 0.25) is 21.8 Å². The van der Waals surface area contributed by atoms with Crippen LogP contribution in [0.25, 0.3) is 6.08 Å². The van der Waals surface area contributed by atoms with Crippen molar-refractivity contribution < 1.29 is 27.6 Å². The topological polar surface area (TPSA) is 114 Å². The second-order valence-corrected chi connectivity index (χ2v) is 11.9. The third-order valence-electron chi connectivity index (χ3n) is 5.86. The van der Waals surface area contributed by atoms with Crippen LogP contribution in [0.1, 0.15) is 58.4 Å². The molecule has 206 valence electrons. The fraction of sp³-hybridized carbons (Fsp3) is 0.556. The third-order valence-corrected chi connectivity index (χ3v) is 6.88. The largest absolute Gasteiger partial charge is 0.350 e. The molecule has 2 N–H and O–H groups in total. The minimum absolute atomic E-state index is 0.0636. The number of hydrazine groups is 1. The predicted octanol–water partition coefficient (Wildman–Crippen LogP) is 3.81.